The maximum absolute atomic E-state index is 14.2. The van der Waals surface area contributed by atoms with Gasteiger partial charge in [0.05, 0.1) is 11.1 Å². The average Bonchev–Trinajstić information content (AvgIpc) is 3.28. The van der Waals surface area contributed by atoms with Gasteiger partial charge in [0.15, 0.2) is 0 Å². The van der Waals surface area contributed by atoms with E-state index >= 15 is 0 Å². The van der Waals surface area contributed by atoms with Gasteiger partial charge in [-0.25, -0.2) is 14.4 Å². The summed E-state index contributed by atoms with van der Waals surface area (Å²) in [4.78, 5) is 64.3. The molecule has 0 atom stereocenters. The lowest BCUT2D eigenvalue weighted by atomic mass is 9.97. The first-order valence-electron chi connectivity index (χ1n) is 22.5. The van der Waals surface area contributed by atoms with Crippen molar-refractivity contribution < 1.29 is 43.4 Å². The van der Waals surface area contributed by atoms with Crippen molar-refractivity contribution in [3.63, 3.8) is 0 Å². The molecule has 0 unspecified atom stereocenters. The summed E-state index contributed by atoms with van der Waals surface area (Å²) in [5.74, 6) is -4.58. The van der Waals surface area contributed by atoms with Crippen LogP contribution in [0.5, 0.6) is 0 Å². The van der Waals surface area contributed by atoms with E-state index in [-0.39, 0.29) is 0 Å². The molecule has 9 heteroatoms. The smallest absolute Gasteiger partial charge is 0.398 e. The van der Waals surface area contributed by atoms with Gasteiger partial charge in [0, 0.05) is 25.7 Å². The van der Waals surface area contributed by atoms with E-state index < -0.39 is 29.7 Å². The van der Waals surface area contributed by atoms with Crippen LogP contribution in [0.1, 0.15) is 162 Å². The zero-order valence-electron chi connectivity index (χ0n) is 35.1. The number of carbonyl (C=O) groups is 3. The second kappa shape index (κ2) is 23.7. The predicted octanol–water partition coefficient (Wildman–Crippen LogP) is 14.1. The molecule has 0 spiro atoms. The monoisotopic (exact) mass is 818 g/mol. The van der Waals surface area contributed by atoms with Gasteiger partial charge in [-0.3, -0.25) is 9.78 Å². The van der Waals surface area contributed by atoms with Crippen molar-refractivity contribution in [1.82, 2.24) is 0 Å². The summed E-state index contributed by atoms with van der Waals surface area (Å²) in [5, 5.41) is 0. The van der Waals surface area contributed by atoms with Crippen LogP contribution in [-0.2, 0) is 29.0 Å². The minimum absolute atomic E-state index is 0.303. The summed E-state index contributed by atoms with van der Waals surface area (Å²) in [6, 6.07) is 34.0. The first kappa shape index (κ1) is 44.6. The minimum Gasteiger partial charge on any atom is -0.398 e. The molecule has 9 nitrogen and oxygen atoms in total. The van der Waals surface area contributed by atoms with Crippen molar-refractivity contribution in [3.8, 4) is 22.3 Å². The molecule has 2 aliphatic carbocycles. The second-order valence-corrected chi connectivity index (χ2v) is 16.4. The molecule has 4 aromatic rings. The van der Waals surface area contributed by atoms with Crippen molar-refractivity contribution in [2.75, 3.05) is 0 Å². The number of hydrogen-bond acceptors (Lipinski definition) is 9. The Balaban J connectivity index is 1.19. The Hall–Kier alpha value is -4.99. The zero-order valence-corrected chi connectivity index (χ0v) is 35.1. The van der Waals surface area contributed by atoms with Gasteiger partial charge in [-0.15, -0.1) is 9.78 Å². The lowest BCUT2D eigenvalue weighted by molar-refractivity contribution is -0.409. The number of ether oxygens (including phenoxy) is 2. The van der Waals surface area contributed by atoms with Gasteiger partial charge in [0.1, 0.15) is 0 Å². The predicted molar refractivity (Wildman–Crippen MR) is 231 cm³/mol. The van der Waals surface area contributed by atoms with E-state index in [4.69, 9.17) is 29.0 Å². The fourth-order valence-electron chi connectivity index (χ4n) is 8.21. The Labute approximate surface area is 355 Å². The second-order valence-electron chi connectivity index (χ2n) is 16.4. The molecule has 0 aliphatic heterocycles. The molecule has 0 N–H and O–H groups in total. The summed E-state index contributed by atoms with van der Waals surface area (Å²) < 4.78 is 12.4. The van der Waals surface area contributed by atoms with E-state index in [2.05, 4.69) is 0 Å². The van der Waals surface area contributed by atoms with Crippen LogP contribution in [0.2, 0.25) is 0 Å². The van der Waals surface area contributed by atoms with Gasteiger partial charge >= 0.3 is 18.1 Å². The standard InChI is InChI=1S/C51H62O9/c52-47(45-33-29-43(30-34-45)41-25-17-15-18-26-41)57-59-50(37-21-11-7-3-1-4-8-12-22-38-50)55-49(54)56-51(39-23-13-9-5-2-6-10-14-24-40-51)60-58-48(53)46-35-31-44(32-36-46)42-27-19-16-20-28-42/h15-20,25-36H,1-14,21-24,37-40H2. The molecule has 0 saturated heterocycles. The van der Waals surface area contributed by atoms with Gasteiger partial charge < -0.3 is 9.47 Å². The van der Waals surface area contributed by atoms with Crippen LogP contribution in [0.15, 0.2) is 109 Å². The van der Waals surface area contributed by atoms with Crippen molar-refractivity contribution >= 4 is 18.1 Å². The normalized spacial score (nSPS) is 18.1. The molecule has 0 aromatic heterocycles. The number of hydrogen-bond donors (Lipinski definition) is 0. The molecule has 320 valence electrons. The van der Waals surface area contributed by atoms with Gasteiger partial charge in [0.25, 0.3) is 11.6 Å². The summed E-state index contributed by atoms with van der Waals surface area (Å²) in [6.45, 7) is 0. The first-order chi connectivity index (χ1) is 29.4. The highest BCUT2D eigenvalue weighted by molar-refractivity contribution is 5.90. The number of benzene rings is 4. The Morgan fingerprint density at radius 3 is 0.900 bits per heavy atom. The van der Waals surface area contributed by atoms with E-state index in [9.17, 15) is 14.4 Å². The van der Waals surface area contributed by atoms with Crippen LogP contribution in [0.3, 0.4) is 0 Å². The molecule has 0 heterocycles. The molecule has 0 radical (unpaired) electrons. The Morgan fingerprint density at radius 1 is 0.333 bits per heavy atom. The van der Waals surface area contributed by atoms with Gasteiger partial charge in [-0.2, -0.15) is 0 Å². The Morgan fingerprint density at radius 2 is 0.600 bits per heavy atom. The number of carbonyl (C=O) groups excluding carboxylic acids is 3. The third-order valence-corrected chi connectivity index (χ3v) is 11.8. The third-order valence-electron chi connectivity index (χ3n) is 11.8. The summed E-state index contributed by atoms with van der Waals surface area (Å²) in [5.41, 5.74) is 4.59. The highest BCUT2D eigenvalue weighted by Crippen LogP contribution is 2.35. The van der Waals surface area contributed by atoms with Crippen LogP contribution in [0.4, 0.5) is 4.79 Å². The van der Waals surface area contributed by atoms with Crippen LogP contribution in [-0.4, -0.2) is 29.7 Å². The lowest BCUT2D eigenvalue weighted by Crippen LogP contribution is -2.44. The fourth-order valence-corrected chi connectivity index (χ4v) is 8.21. The largest absolute Gasteiger partial charge is 0.513 e. The van der Waals surface area contributed by atoms with E-state index in [0.717, 1.165) is 99.3 Å². The van der Waals surface area contributed by atoms with E-state index in [1.165, 1.54) is 12.8 Å². The SMILES string of the molecule is O=C(OC1(OOC(=O)c2ccc(-c3ccccc3)cc2)CCCCCCCCCCC1)OC1(OOC(=O)c2ccc(-c3ccccc3)cc2)CCCCCCCCCCC1. The van der Waals surface area contributed by atoms with Gasteiger partial charge in [-0.05, 0) is 72.2 Å². The summed E-state index contributed by atoms with van der Waals surface area (Å²) in [6.07, 6.45) is 17.8. The maximum Gasteiger partial charge on any atom is 0.513 e. The molecule has 0 bridgehead atoms. The van der Waals surface area contributed by atoms with E-state index in [1.54, 1.807) is 24.3 Å². The van der Waals surface area contributed by atoms with Crippen LogP contribution in [0.25, 0.3) is 22.3 Å². The minimum atomic E-state index is -1.60. The third kappa shape index (κ3) is 14.1. The summed E-state index contributed by atoms with van der Waals surface area (Å²) >= 11 is 0. The molecule has 2 aliphatic rings. The fraction of sp³-hybridized carbons (Fsp3) is 0.471. The average molecular weight is 819 g/mol. The highest BCUT2D eigenvalue weighted by Gasteiger charge is 2.44. The van der Waals surface area contributed by atoms with E-state index in [0.29, 0.717) is 62.5 Å². The lowest BCUT2D eigenvalue weighted by Gasteiger charge is -2.35. The molecular formula is C51H62O9. The molecule has 4 aromatic carbocycles. The zero-order chi connectivity index (χ0) is 41.7. The highest BCUT2D eigenvalue weighted by atomic mass is 17.3. The molecule has 6 rings (SSSR count). The van der Waals surface area contributed by atoms with Crippen molar-refractivity contribution in [1.29, 1.82) is 0 Å². The van der Waals surface area contributed by atoms with Crippen molar-refractivity contribution in [2.24, 2.45) is 0 Å². The Kier molecular flexibility index (Phi) is 17.6. The molecule has 2 fully saturated rings. The molecule has 0 amide bonds. The van der Waals surface area contributed by atoms with Gasteiger partial charge in [0.2, 0.25) is 0 Å². The molecule has 60 heavy (non-hydrogen) atoms. The molecule has 2 saturated carbocycles. The Bertz CT molecular complexity index is 1710. The van der Waals surface area contributed by atoms with E-state index in [1.807, 2.05) is 84.9 Å². The molecular weight excluding hydrogens is 757 g/mol. The maximum atomic E-state index is 14.2. The van der Waals surface area contributed by atoms with Gasteiger partial charge in [-0.1, -0.05) is 175 Å². The van der Waals surface area contributed by atoms with Crippen LogP contribution >= 0.6 is 0 Å². The number of rotatable bonds is 10. The van der Waals surface area contributed by atoms with Crippen LogP contribution < -0.4 is 0 Å². The van der Waals surface area contributed by atoms with Crippen molar-refractivity contribution in [3.05, 3.63) is 120 Å². The summed E-state index contributed by atoms with van der Waals surface area (Å²) in [7, 11) is 0. The first-order valence-corrected chi connectivity index (χ1v) is 22.5. The van der Waals surface area contributed by atoms with Crippen molar-refractivity contribution in [2.45, 2.75) is 153 Å². The van der Waals surface area contributed by atoms with Crippen LogP contribution in [0, 0.1) is 0 Å². The quantitative estimate of drug-likeness (QED) is 0.0669. The topological polar surface area (TPSA) is 107 Å².